The highest BCUT2D eigenvalue weighted by Crippen LogP contribution is 2.16. The number of urea groups is 1. The highest BCUT2D eigenvalue weighted by molar-refractivity contribution is 7.88. The molecule has 0 atom stereocenters. The first kappa shape index (κ1) is 18.7. The van der Waals surface area contributed by atoms with Crippen molar-refractivity contribution >= 4 is 16.1 Å². The van der Waals surface area contributed by atoms with Crippen LogP contribution in [-0.4, -0.2) is 56.4 Å². The predicted molar refractivity (Wildman–Crippen MR) is 95.3 cm³/mol. The number of nitrogens with zero attached hydrogens (tertiary/aromatic N) is 2. The lowest BCUT2D eigenvalue weighted by Crippen LogP contribution is -2.42. The molecule has 1 N–H and O–H groups in total. The van der Waals surface area contributed by atoms with Gasteiger partial charge in [0, 0.05) is 32.7 Å². The molecule has 1 aromatic rings. The molecule has 0 aromatic heterocycles. The number of rotatable bonds is 5. The Morgan fingerprint density at radius 3 is 2.62 bits per heavy atom. The normalized spacial score (nSPS) is 16.7. The van der Waals surface area contributed by atoms with Gasteiger partial charge in [0.25, 0.3) is 0 Å². The van der Waals surface area contributed by atoms with E-state index in [1.807, 2.05) is 38.1 Å². The molecule has 1 aliphatic heterocycles. The van der Waals surface area contributed by atoms with E-state index in [9.17, 15) is 13.2 Å². The van der Waals surface area contributed by atoms with Crippen molar-refractivity contribution in [1.29, 1.82) is 0 Å². The number of carbonyl (C=O) groups excluding carboxylic acids is 1. The summed E-state index contributed by atoms with van der Waals surface area (Å²) >= 11 is 0. The lowest BCUT2D eigenvalue weighted by molar-refractivity contribution is 0.200. The molecular weight excluding hydrogens is 326 g/mol. The van der Waals surface area contributed by atoms with E-state index in [2.05, 4.69) is 5.32 Å². The number of aryl methyl sites for hydroxylation is 1. The van der Waals surface area contributed by atoms with Crippen molar-refractivity contribution in [2.45, 2.75) is 32.4 Å². The molecule has 0 aliphatic carbocycles. The summed E-state index contributed by atoms with van der Waals surface area (Å²) in [5.74, 6) is 0.0156. The maximum Gasteiger partial charge on any atom is 0.317 e. The molecule has 2 amide bonds. The van der Waals surface area contributed by atoms with Crippen LogP contribution < -0.4 is 5.32 Å². The van der Waals surface area contributed by atoms with E-state index >= 15 is 0 Å². The van der Waals surface area contributed by atoms with Gasteiger partial charge in [-0.2, -0.15) is 4.31 Å². The average molecular weight is 353 g/mol. The third kappa shape index (κ3) is 4.95. The number of carbonyl (C=O) groups is 1. The van der Waals surface area contributed by atoms with E-state index < -0.39 is 10.0 Å². The number of hydrogen-bond donors (Lipinski definition) is 1. The fourth-order valence-electron chi connectivity index (χ4n) is 2.78. The van der Waals surface area contributed by atoms with Gasteiger partial charge in [-0.15, -0.1) is 0 Å². The summed E-state index contributed by atoms with van der Waals surface area (Å²) in [5.41, 5.74) is 1.82. The molecule has 7 heteroatoms. The third-order valence-electron chi connectivity index (χ3n) is 4.26. The van der Waals surface area contributed by atoms with Gasteiger partial charge in [0.15, 0.2) is 0 Å². The van der Waals surface area contributed by atoms with E-state index in [-0.39, 0.29) is 11.8 Å². The molecule has 6 nitrogen and oxygen atoms in total. The standard InChI is InChI=1S/C17H27N3O3S/c1-3-9-18-17(21)19-10-6-11-20(13-12-19)24(22,23)14-16-8-5-4-7-15(16)2/h4-5,7-8H,3,6,9-14H2,1-2H3,(H,18,21). The van der Waals surface area contributed by atoms with Crippen LogP contribution in [0.1, 0.15) is 30.9 Å². The second-order valence-corrected chi connectivity index (χ2v) is 8.12. The first-order valence-corrected chi connectivity index (χ1v) is 10.1. The number of hydrogen-bond acceptors (Lipinski definition) is 3. The molecule has 1 heterocycles. The average Bonchev–Trinajstić information content (AvgIpc) is 2.81. The van der Waals surface area contributed by atoms with Crippen LogP contribution in [0.25, 0.3) is 0 Å². The zero-order valence-electron chi connectivity index (χ0n) is 14.5. The fraction of sp³-hybridized carbons (Fsp3) is 0.588. The van der Waals surface area contributed by atoms with Crippen molar-refractivity contribution < 1.29 is 13.2 Å². The van der Waals surface area contributed by atoms with Crippen LogP contribution in [0.4, 0.5) is 4.79 Å². The van der Waals surface area contributed by atoms with Gasteiger partial charge >= 0.3 is 6.03 Å². The van der Waals surface area contributed by atoms with Gasteiger partial charge in [-0.3, -0.25) is 0 Å². The van der Waals surface area contributed by atoms with Crippen LogP contribution in [-0.2, 0) is 15.8 Å². The molecule has 1 aromatic carbocycles. The van der Waals surface area contributed by atoms with E-state index in [4.69, 9.17) is 0 Å². The number of sulfonamides is 1. The number of nitrogens with one attached hydrogen (secondary N) is 1. The molecule has 1 saturated heterocycles. The molecule has 0 spiro atoms. The van der Waals surface area contributed by atoms with Crippen molar-refractivity contribution in [2.24, 2.45) is 0 Å². The Morgan fingerprint density at radius 1 is 1.17 bits per heavy atom. The van der Waals surface area contributed by atoms with E-state index in [1.54, 1.807) is 4.90 Å². The summed E-state index contributed by atoms with van der Waals surface area (Å²) in [6, 6.07) is 7.45. The Bertz CT molecular complexity index is 661. The van der Waals surface area contributed by atoms with Gasteiger partial charge < -0.3 is 10.2 Å². The zero-order valence-corrected chi connectivity index (χ0v) is 15.3. The molecule has 0 saturated carbocycles. The van der Waals surface area contributed by atoms with Crippen molar-refractivity contribution in [3.63, 3.8) is 0 Å². The largest absolute Gasteiger partial charge is 0.338 e. The number of benzene rings is 1. The maximum absolute atomic E-state index is 12.7. The lowest BCUT2D eigenvalue weighted by Gasteiger charge is -2.22. The minimum atomic E-state index is -3.37. The Hall–Kier alpha value is -1.60. The van der Waals surface area contributed by atoms with Crippen LogP contribution in [0.2, 0.25) is 0 Å². The quantitative estimate of drug-likeness (QED) is 0.880. The molecule has 0 unspecified atom stereocenters. The summed E-state index contributed by atoms with van der Waals surface area (Å²) < 4.78 is 27.0. The Balaban J connectivity index is 1.99. The topological polar surface area (TPSA) is 69.7 Å². The highest BCUT2D eigenvalue weighted by Gasteiger charge is 2.27. The van der Waals surface area contributed by atoms with Crippen LogP contribution in [0.15, 0.2) is 24.3 Å². The molecule has 2 rings (SSSR count). The van der Waals surface area contributed by atoms with Crippen LogP contribution in [0.3, 0.4) is 0 Å². The Kier molecular flexibility index (Phi) is 6.62. The number of amides is 2. The van der Waals surface area contributed by atoms with E-state index in [0.29, 0.717) is 39.1 Å². The Morgan fingerprint density at radius 2 is 1.92 bits per heavy atom. The van der Waals surface area contributed by atoms with Gasteiger partial charge in [0.05, 0.1) is 5.75 Å². The molecule has 0 bridgehead atoms. The molecular formula is C17H27N3O3S. The van der Waals surface area contributed by atoms with Crippen molar-refractivity contribution in [2.75, 3.05) is 32.7 Å². The first-order chi connectivity index (χ1) is 11.4. The summed E-state index contributed by atoms with van der Waals surface area (Å²) in [4.78, 5) is 13.8. The molecule has 1 fully saturated rings. The van der Waals surface area contributed by atoms with Gasteiger partial charge in [-0.1, -0.05) is 31.2 Å². The van der Waals surface area contributed by atoms with Gasteiger partial charge in [-0.25, -0.2) is 13.2 Å². The summed E-state index contributed by atoms with van der Waals surface area (Å²) in [5, 5.41) is 2.85. The maximum atomic E-state index is 12.7. The molecule has 134 valence electrons. The van der Waals surface area contributed by atoms with Gasteiger partial charge in [0.1, 0.15) is 0 Å². The van der Waals surface area contributed by atoms with Crippen LogP contribution >= 0.6 is 0 Å². The molecule has 24 heavy (non-hydrogen) atoms. The highest BCUT2D eigenvalue weighted by atomic mass is 32.2. The Labute approximate surface area is 144 Å². The van der Waals surface area contributed by atoms with Gasteiger partial charge in [-0.05, 0) is 30.9 Å². The predicted octanol–water partition coefficient (Wildman–Crippen LogP) is 1.95. The van der Waals surface area contributed by atoms with Crippen LogP contribution in [0, 0.1) is 6.92 Å². The first-order valence-electron chi connectivity index (χ1n) is 8.49. The lowest BCUT2D eigenvalue weighted by atomic mass is 10.1. The monoisotopic (exact) mass is 353 g/mol. The van der Waals surface area contributed by atoms with Crippen molar-refractivity contribution in [3.05, 3.63) is 35.4 Å². The van der Waals surface area contributed by atoms with Gasteiger partial charge in [0.2, 0.25) is 10.0 Å². The minimum absolute atomic E-state index is 0.0156. The van der Waals surface area contributed by atoms with Crippen molar-refractivity contribution in [1.82, 2.24) is 14.5 Å². The SMILES string of the molecule is CCCNC(=O)N1CCCN(S(=O)(=O)Cc2ccccc2C)CC1. The summed E-state index contributed by atoms with van der Waals surface area (Å²) in [6.45, 7) is 6.41. The van der Waals surface area contributed by atoms with E-state index in [1.165, 1.54) is 4.31 Å². The second kappa shape index (κ2) is 8.48. The smallest absolute Gasteiger partial charge is 0.317 e. The van der Waals surface area contributed by atoms with Crippen molar-refractivity contribution in [3.8, 4) is 0 Å². The van der Waals surface area contributed by atoms with Crippen LogP contribution in [0.5, 0.6) is 0 Å². The zero-order chi connectivity index (χ0) is 17.6. The van der Waals surface area contributed by atoms with E-state index in [0.717, 1.165) is 17.5 Å². The molecule has 0 radical (unpaired) electrons. The summed E-state index contributed by atoms with van der Waals surface area (Å²) in [7, 11) is -3.37. The summed E-state index contributed by atoms with van der Waals surface area (Å²) in [6.07, 6.45) is 1.54. The fourth-order valence-corrected chi connectivity index (χ4v) is 4.45. The second-order valence-electron chi connectivity index (χ2n) is 6.15. The minimum Gasteiger partial charge on any atom is -0.338 e. The molecule has 1 aliphatic rings. The third-order valence-corrected chi connectivity index (χ3v) is 6.09.